The summed E-state index contributed by atoms with van der Waals surface area (Å²) in [6.07, 6.45) is 6.45. The molecule has 2 nitrogen and oxygen atoms in total. The average Bonchev–Trinajstić information content (AvgIpc) is 2.47. The van der Waals surface area contributed by atoms with Crippen molar-refractivity contribution in [3.8, 4) is 0 Å². The monoisotopic (exact) mass is 293 g/mol. The predicted octanol–water partition coefficient (Wildman–Crippen LogP) is 4.37. The molecule has 0 saturated heterocycles. The van der Waals surface area contributed by atoms with E-state index in [4.69, 9.17) is 11.6 Å². The maximum atomic E-state index is 12.1. The Hall–Kier alpha value is -1.02. The molecule has 1 fully saturated rings. The van der Waals surface area contributed by atoms with Crippen LogP contribution in [-0.2, 0) is 5.88 Å². The van der Waals surface area contributed by atoms with Gasteiger partial charge in [-0.25, -0.2) is 0 Å². The molecule has 0 radical (unpaired) electrons. The summed E-state index contributed by atoms with van der Waals surface area (Å²) < 4.78 is 0. The van der Waals surface area contributed by atoms with E-state index < -0.39 is 0 Å². The van der Waals surface area contributed by atoms with E-state index in [0.29, 0.717) is 11.4 Å². The smallest absolute Gasteiger partial charge is 0.251 e. The van der Waals surface area contributed by atoms with E-state index in [1.807, 2.05) is 24.3 Å². The molecule has 1 N–H and O–H groups in total. The Morgan fingerprint density at radius 2 is 2.25 bits per heavy atom. The minimum Gasteiger partial charge on any atom is -0.352 e. The Morgan fingerprint density at radius 3 is 3.00 bits per heavy atom. The standard InChI is InChI=1S/C17H24ClNO/c1-13-4-2-5-14(10-13)8-9-19-17(20)16-7-3-6-15(11-16)12-18/h3,6-7,11,13-14H,2,4-5,8-10,12H2,1H3,(H,19,20). The number of nitrogens with one attached hydrogen (secondary N) is 1. The van der Waals surface area contributed by atoms with Crippen LogP contribution in [0.4, 0.5) is 0 Å². The molecule has 0 aromatic heterocycles. The van der Waals surface area contributed by atoms with Crippen LogP contribution in [0.1, 0.15) is 54.9 Å². The Bertz CT molecular complexity index is 446. The normalized spacial score (nSPS) is 22.5. The van der Waals surface area contributed by atoms with Gasteiger partial charge in [0.2, 0.25) is 0 Å². The SMILES string of the molecule is CC1CCCC(CCNC(=O)c2cccc(CCl)c2)C1. The van der Waals surface area contributed by atoms with Gasteiger partial charge in [0.15, 0.2) is 0 Å². The third-order valence-corrected chi connectivity index (χ3v) is 4.54. The first kappa shape index (κ1) is 15.4. The molecule has 0 aliphatic heterocycles. The first-order chi connectivity index (χ1) is 9.69. The van der Waals surface area contributed by atoms with Crippen molar-refractivity contribution in [3.63, 3.8) is 0 Å². The fourth-order valence-corrected chi connectivity index (χ4v) is 3.28. The number of benzene rings is 1. The number of alkyl halides is 1. The zero-order valence-corrected chi connectivity index (χ0v) is 13.0. The van der Waals surface area contributed by atoms with Crippen LogP contribution in [0, 0.1) is 11.8 Å². The molecule has 0 bridgehead atoms. The molecule has 2 atom stereocenters. The van der Waals surface area contributed by atoms with Crippen LogP contribution in [-0.4, -0.2) is 12.5 Å². The lowest BCUT2D eigenvalue weighted by molar-refractivity contribution is 0.0949. The van der Waals surface area contributed by atoms with Crippen molar-refractivity contribution in [2.75, 3.05) is 6.54 Å². The van der Waals surface area contributed by atoms with Gasteiger partial charge in [0.05, 0.1) is 0 Å². The lowest BCUT2D eigenvalue weighted by Crippen LogP contribution is -2.27. The highest BCUT2D eigenvalue weighted by atomic mass is 35.5. The van der Waals surface area contributed by atoms with E-state index in [2.05, 4.69) is 12.2 Å². The topological polar surface area (TPSA) is 29.1 Å². The highest BCUT2D eigenvalue weighted by molar-refractivity contribution is 6.17. The molecule has 1 aliphatic rings. The summed E-state index contributed by atoms with van der Waals surface area (Å²) in [6, 6.07) is 7.53. The van der Waals surface area contributed by atoms with Gasteiger partial charge >= 0.3 is 0 Å². The fourth-order valence-electron chi connectivity index (χ4n) is 3.11. The van der Waals surface area contributed by atoms with Crippen LogP contribution in [0.25, 0.3) is 0 Å². The third kappa shape index (κ3) is 4.52. The Labute approximate surface area is 126 Å². The molecule has 3 heteroatoms. The molecule has 1 aromatic carbocycles. The van der Waals surface area contributed by atoms with Crippen LogP contribution in [0.5, 0.6) is 0 Å². The summed E-state index contributed by atoms with van der Waals surface area (Å²) in [7, 11) is 0. The van der Waals surface area contributed by atoms with Gasteiger partial charge in [-0.05, 0) is 42.4 Å². The number of hydrogen-bond acceptors (Lipinski definition) is 1. The van der Waals surface area contributed by atoms with Crippen molar-refractivity contribution < 1.29 is 4.79 Å². The molecular formula is C17H24ClNO. The molecule has 0 heterocycles. The van der Waals surface area contributed by atoms with Gasteiger partial charge in [0.25, 0.3) is 5.91 Å². The highest BCUT2D eigenvalue weighted by Gasteiger charge is 2.18. The molecule has 1 aromatic rings. The largest absolute Gasteiger partial charge is 0.352 e. The van der Waals surface area contributed by atoms with Gasteiger partial charge in [0, 0.05) is 18.0 Å². The maximum Gasteiger partial charge on any atom is 0.251 e. The number of hydrogen-bond donors (Lipinski definition) is 1. The van der Waals surface area contributed by atoms with E-state index >= 15 is 0 Å². The van der Waals surface area contributed by atoms with Crippen molar-refractivity contribution in [1.29, 1.82) is 0 Å². The first-order valence-corrected chi connectivity index (χ1v) is 8.15. The average molecular weight is 294 g/mol. The van der Waals surface area contributed by atoms with Crippen LogP contribution in [0.3, 0.4) is 0 Å². The van der Waals surface area contributed by atoms with Crippen LogP contribution in [0.2, 0.25) is 0 Å². The number of rotatable bonds is 5. The molecular weight excluding hydrogens is 270 g/mol. The zero-order chi connectivity index (χ0) is 14.4. The molecule has 1 aliphatic carbocycles. The molecule has 2 unspecified atom stereocenters. The van der Waals surface area contributed by atoms with E-state index in [-0.39, 0.29) is 5.91 Å². The van der Waals surface area contributed by atoms with Crippen molar-refractivity contribution in [2.45, 2.75) is 44.9 Å². The second-order valence-corrected chi connectivity index (χ2v) is 6.28. The lowest BCUT2D eigenvalue weighted by Gasteiger charge is -2.26. The molecule has 1 amide bonds. The van der Waals surface area contributed by atoms with Gasteiger partial charge in [0.1, 0.15) is 0 Å². The summed E-state index contributed by atoms with van der Waals surface area (Å²) in [4.78, 5) is 12.1. The Balaban J connectivity index is 1.77. The quantitative estimate of drug-likeness (QED) is 0.802. The molecule has 2 rings (SSSR count). The molecule has 110 valence electrons. The Kier molecular flexibility index (Phi) is 5.90. The Morgan fingerprint density at radius 1 is 1.40 bits per heavy atom. The summed E-state index contributed by atoms with van der Waals surface area (Å²) in [5.74, 6) is 2.10. The molecule has 1 saturated carbocycles. The van der Waals surface area contributed by atoms with E-state index in [9.17, 15) is 4.79 Å². The van der Waals surface area contributed by atoms with Gasteiger partial charge in [-0.3, -0.25) is 4.79 Å². The second kappa shape index (κ2) is 7.68. The first-order valence-electron chi connectivity index (χ1n) is 7.62. The molecule has 20 heavy (non-hydrogen) atoms. The zero-order valence-electron chi connectivity index (χ0n) is 12.2. The maximum absolute atomic E-state index is 12.1. The summed E-state index contributed by atoms with van der Waals surface area (Å²) in [5, 5.41) is 3.03. The van der Waals surface area contributed by atoms with Crippen LogP contribution >= 0.6 is 11.6 Å². The number of amides is 1. The van der Waals surface area contributed by atoms with E-state index in [0.717, 1.165) is 30.4 Å². The van der Waals surface area contributed by atoms with Crippen molar-refractivity contribution in [2.24, 2.45) is 11.8 Å². The third-order valence-electron chi connectivity index (χ3n) is 4.23. The number of carbonyl (C=O) groups is 1. The van der Waals surface area contributed by atoms with Crippen molar-refractivity contribution in [1.82, 2.24) is 5.32 Å². The van der Waals surface area contributed by atoms with Crippen molar-refractivity contribution >= 4 is 17.5 Å². The summed E-state index contributed by atoms with van der Waals surface area (Å²) in [5.41, 5.74) is 1.69. The number of carbonyl (C=O) groups excluding carboxylic acids is 1. The van der Waals surface area contributed by atoms with Crippen LogP contribution < -0.4 is 5.32 Å². The minimum atomic E-state index is 0.0147. The predicted molar refractivity (Wildman–Crippen MR) is 84.1 cm³/mol. The lowest BCUT2D eigenvalue weighted by atomic mass is 9.81. The highest BCUT2D eigenvalue weighted by Crippen LogP contribution is 2.30. The van der Waals surface area contributed by atoms with Gasteiger partial charge in [-0.1, -0.05) is 38.3 Å². The van der Waals surface area contributed by atoms with Crippen LogP contribution in [0.15, 0.2) is 24.3 Å². The van der Waals surface area contributed by atoms with E-state index in [1.54, 1.807) is 0 Å². The van der Waals surface area contributed by atoms with Gasteiger partial charge in [-0.2, -0.15) is 0 Å². The molecule has 0 spiro atoms. The second-order valence-electron chi connectivity index (χ2n) is 6.02. The minimum absolute atomic E-state index is 0.0147. The van der Waals surface area contributed by atoms with E-state index in [1.165, 1.54) is 25.7 Å². The number of halogens is 1. The summed E-state index contributed by atoms with van der Waals surface area (Å²) in [6.45, 7) is 3.11. The van der Waals surface area contributed by atoms with Gasteiger partial charge < -0.3 is 5.32 Å². The fraction of sp³-hybridized carbons (Fsp3) is 0.588. The summed E-state index contributed by atoms with van der Waals surface area (Å²) >= 11 is 5.79. The van der Waals surface area contributed by atoms with Gasteiger partial charge in [-0.15, -0.1) is 11.6 Å². The van der Waals surface area contributed by atoms with Crippen molar-refractivity contribution in [3.05, 3.63) is 35.4 Å².